The first kappa shape index (κ1) is 21.1. The molecular weight excluding hydrogens is 398 g/mol. The molecule has 0 amide bonds. The molecule has 0 fully saturated rings. The normalized spacial score (nSPS) is 17.5. The van der Waals surface area contributed by atoms with Gasteiger partial charge in [-0.25, -0.2) is 22.6 Å². The topological polar surface area (TPSA) is 89.2 Å². The molecule has 8 nitrogen and oxygen atoms in total. The molecule has 1 aliphatic rings. The monoisotopic (exact) mass is 425 g/mol. The molecule has 1 unspecified atom stereocenters. The zero-order chi connectivity index (χ0) is 20.3. The summed E-state index contributed by atoms with van der Waals surface area (Å²) in [5, 5.41) is 4.45. The molecule has 0 saturated heterocycles. The highest BCUT2D eigenvalue weighted by atomic mass is 32.2. The van der Waals surface area contributed by atoms with Crippen LogP contribution < -0.4 is 10.4 Å². The minimum absolute atomic E-state index is 0.118. The minimum Gasteiger partial charge on any atom is -0.308 e. The van der Waals surface area contributed by atoms with E-state index in [4.69, 9.17) is 0 Å². The first-order chi connectivity index (χ1) is 13.3. The first-order valence-electron chi connectivity index (χ1n) is 9.28. The molecule has 1 N–H and O–H groups in total. The standard InChI is InChI=1S/C18H27N5O3S2/c1-21(2)12-13-23-18(24)22-11-10-14(4-9-17(22)19-23)20-28(25,26)16-7-5-15(27-3)6-8-16/h5-8,14,20H,4,9-13H2,1-3H3. The van der Waals surface area contributed by atoms with Crippen LogP contribution in [0.15, 0.2) is 38.9 Å². The molecular formula is C18H27N5O3S2. The molecule has 0 aliphatic carbocycles. The van der Waals surface area contributed by atoms with Crippen molar-refractivity contribution in [1.29, 1.82) is 0 Å². The summed E-state index contributed by atoms with van der Waals surface area (Å²) in [5.41, 5.74) is -0.118. The number of thioether (sulfide) groups is 1. The van der Waals surface area contributed by atoms with Crippen LogP contribution in [0.25, 0.3) is 0 Å². The van der Waals surface area contributed by atoms with E-state index in [1.807, 2.05) is 25.3 Å². The number of fused-ring (bicyclic) bond motifs is 1. The molecule has 0 saturated carbocycles. The Morgan fingerprint density at radius 3 is 2.61 bits per heavy atom. The molecule has 0 spiro atoms. The van der Waals surface area contributed by atoms with Crippen LogP contribution in [0.3, 0.4) is 0 Å². The largest absolute Gasteiger partial charge is 0.345 e. The van der Waals surface area contributed by atoms with Crippen LogP contribution in [0.4, 0.5) is 0 Å². The van der Waals surface area contributed by atoms with Gasteiger partial charge in [-0.15, -0.1) is 11.8 Å². The number of hydrogen-bond donors (Lipinski definition) is 1. The van der Waals surface area contributed by atoms with E-state index in [2.05, 4.69) is 9.82 Å². The lowest BCUT2D eigenvalue weighted by Crippen LogP contribution is -2.36. The third-order valence-electron chi connectivity index (χ3n) is 4.87. The van der Waals surface area contributed by atoms with Crippen LogP contribution in [-0.2, 0) is 29.5 Å². The van der Waals surface area contributed by atoms with E-state index in [1.54, 1.807) is 40.6 Å². The van der Waals surface area contributed by atoms with Crippen LogP contribution in [0, 0.1) is 0 Å². The highest BCUT2D eigenvalue weighted by Gasteiger charge is 2.25. The van der Waals surface area contributed by atoms with Crippen molar-refractivity contribution < 1.29 is 8.42 Å². The highest BCUT2D eigenvalue weighted by Crippen LogP contribution is 2.19. The smallest absolute Gasteiger partial charge is 0.308 e. The van der Waals surface area contributed by atoms with Crippen molar-refractivity contribution in [2.24, 2.45) is 0 Å². The molecule has 1 aromatic heterocycles. The second-order valence-corrected chi connectivity index (χ2v) is 9.79. The molecule has 2 aromatic rings. The second-order valence-electron chi connectivity index (χ2n) is 7.20. The Kier molecular flexibility index (Phi) is 6.64. The Morgan fingerprint density at radius 1 is 1.25 bits per heavy atom. The Bertz CT molecular complexity index is 964. The Morgan fingerprint density at radius 2 is 1.96 bits per heavy atom. The van der Waals surface area contributed by atoms with E-state index < -0.39 is 10.0 Å². The van der Waals surface area contributed by atoms with E-state index >= 15 is 0 Å². The third kappa shape index (κ3) is 4.86. The number of nitrogens with zero attached hydrogens (tertiary/aromatic N) is 4. The lowest BCUT2D eigenvalue weighted by Gasteiger charge is -2.16. The average molecular weight is 426 g/mol. The molecule has 1 atom stereocenters. The van der Waals surface area contributed by atoms with Gasteiger partial charge in [0.1, 0.15) is 5.82 Å². The van der Waals surface area contributed by atoms with Crippen molar-refractivity contribution in [3.05, 3.63) is 40.6 Å². The van der Waals surface area contributed by atoms with E-state index in [9.17, 15) is 13.2 Å². The Labute approximate surface area is 170 Å². The van der Waals surface area contributed by atoms with Crippen molar-refractivity contribution in [2.75, 3.05) is 26.9 Å². The van der Waals surface area contributed by atoms with Crippen molar-refractivity contribution >= 4 is 21.8 Å². The number of aryl methyl sites for hydroxylation is 1. The van der Waals surface area contributed by atoms with Crippen molar-refractivity contribution in [3.8, 4) is 0 Å². The van der Waals surface area contributed by atoms with Gasteiger partial charge in [-0.3, -0.25) is 4.57 Å². The maximum atomic E-state index is 12.7. The van der Waals surface area contributed by atoms with Gasteiger partial charge in [0.25, 0.3) is 0 Å². The van der Waals surface area contributed by atoms with Crippen molar-refractivity contribution in [2.45, 2.75) is 48.2 Å². The number of rotatable bonds is 7. The number of likely N-dealkylation sites (N-methyl/N-ethyl adjacent to an activating group) is 1. The summed E-state index contributed by atoms with van der Waals surface area (Å²) in [6, 6.07) is 6.64. The summed E-state index contributed by atoms with van der Waals surface area (Å²) < 4.78 is 31.3. The number of hydrogen-bond acceptors (Lipinski definition) is 6. The fourth-order valence-corrected chi connectivity index (χ4v) is 4.94. The predicted octanol–water partition coefficient (Wildman–Crippen LogP) is 1.01. The Hall–Kier alpha value is -1.62. The van der Waals surface area contributed by atoms with Crippen LogP contribution in [0.5, 0.6) is 0 Å². The molecule has 3 rings (SSSR count). The zero-order valence-electron chi connectivity index (χ0n) is 16.5. The van der Waals surface area contributed by atoms with E-state index in [0.717, 1.165) is 17.3 Å². The van der Waals surface area contributed by atoms with Crippen LogP contribution >= 0.6 is 11.8 Å². The van der Waals surface area contributed by atoms with Gasteiger partial charge >= 0.3 is 5.69 Å². The quantitative estimate of drug-likeness (QED) is 0.666. The number of sulfonamides is 1. The summed E-state index contributed by atoms with van der Waals surface area (Å²) in [4.78, 5) is 15.8. The SMILES string of the molecule is CSc1ccc(S(=O)(=O)NC2CCc3nn(CCN(C)C)c(=O)n3CC2)cc1. The van der Waals surface area contributed by atoms with Gasteiger partial charge in [0.05, 0.1) is 11.4 Å². The molecule has 0 bridgehead atoms. The molecule has 1 aliphatic heterocycles. The van der Waals surface area contributed by atoms with Crippen molar-refractivity contribution in [1.82, 2.24) is 24.0 Å². The van der Waals surface area contributed by atoms with Gasteiger partial charge in [0, 0.05) is 30.4 Å². The van der Waals surface area contributed by atoms with Crippen LogP contribution in [-0.4, -0.2) is 60.6 Å². The van der Waals surface area contributed by atoms with Crippen LogP contribution in [0.2, 0.25) is 0 Å². The molecule has 28 heavy (non-hydrogen) atoms. The minimum atomic E-state index is -3.59. The highest BCUT2D eigenvalue weighted by molar-refractivity contribution is 7.98. The first-order valence-corrected chi connectivity index (χ1v) is 12.0. The number of aromatic nitrogens is 3. The van der Waals surface area contributed by atoms with E-state index in [-0.39, 0.29) is 16.6 Å². The number of nitrogens with one attached hydrogen (secondary N) is 1. The summed E-state index contributed by atoms with van der Waals surface area (Å²) in [6.45, 7) is 1.76. The molecule has 2 heterocycles. The summed E-state index contributed by atoms with van der Waals surface area (Å²) in [7, 11) is 0.326. The molecule has 154 valence electrons. The molecule has 10 heteroatoms. The van der Waals surface area contributed by atoms with E-state index in [0.29, 0.717) is 32.4 Å². The Balaban J connectivity index is 1.67. The molecule has 0 radical (unpaired) electrons. The van der Waals surface area contributed by atoms with Crippen molar-refractivity contribution in [3.63, 3.8) is 0 Å². The lowest BCUT2D eigenvalue weighted by atomic mass is 10.1. The van der Waals surface area contributed by atoms with Gasteiger partial charge in [0.2, 0.25) is 10.0 Å². The fourth-order valence-electron chi connectivity index (χ4n) is 3.23. The summed E-state index contributed by atoms with van der Waals surface area (Å²) >= 11 is 1.57. The summed E-state index contributed by atoms with van der Waals surface area (Å²) in [6.07, 6.45) is 3.70. The van der Waals surface area contributed by atoms with Crippen LogP contribution in [0.1, 0.15) is 18.7 Å². The van der Waals surface area contributed by atoms with Gasteiger partial charge in [-0.1, -0.05) is 0 Å². The second kappa shape index (κ2) is 8.81. The molecule has 1 aromatic carbocycles. The van der Waals surface area contributed by atoms with Gasteiger partial charge in [-0.2, -0.15) is 5.10 Å². The summed E-state index contributed by atoms with van der Waals surface area (Å²) in [5.74, 6) is 0.731. The van der Waals surface area contributed by atoms with Gasteiger partial charge < -0.3 is 4.90 Å². The van der Waals surface area contributed by atoms with Gasteiger partial charge in [0.15, 0.2) is 0 Å². The average Bonchev–Trinajstić information content (AvgIpc) is 2.83. The fraction of sp³-hybridized carbons (Fsp3) is 0.556. The third-order valence-corrected chi connectivity index (χ3v) is 7.15. The zero-order valence-corrected chi connectivity index (χ0v) is 18.1. The maximum Gasteiger partial charge on any atom is 0.345 e. The van der Waals surface area contributed by atoms with Gasteiger partial charge in [-0.05, 0) is 57.5 Å². The lowest BCUT2D eigenvalue weighted by molar-refractivity contribution is 0.367. The van der Waals surface area contributed by atoms with E-state index in [1.165, 1.54) is 4.68 Å². The predicted molar refractivity (Wildman–Crippen MR) is 110 cm³/mol. The maximum absolute atomic E-state index is 12.7. The number of benzene rings is 1.